The van der Waals surface area contributed by atoms with E-state index >= 15 is 8.78 Å². The zero-order chi connectivity index (χ0) is 33.4. The first-order valence-electron chi connectivity index (χ1n) is 15.7. The molecule has 0 saturated carbocycles. The van der Waals surface area contributed by atoms with Crippen molar-refractivity contribution < 1.29 is 8.78 Å². The number of fused-ring (bicyclic) bond motifs is 6. The SMILES string of the molecule is Cc1ccc2c(c1)c1cc(C)ccc1n2-c1c(F)c(-c2cccc(C#N)c2)c(F)c(-n2c3ccc(C)cc3c3cc(C)ccc32)c1C#N. The molecule has 4 nitrogen and oxygen atoms in total. The van der Waals surface area contributed by atoms with E-state index in [0.29, 0.717) is 22.1 Å². The van der Waals surface area contributed by atoms with Crippen LogP contribution in [0.3, 0.4) is 0 Å². The summed E-state index contributed by atoms with van der Waals surface area (Å²) in [5.41, 5.74) is 6.86. The Kier molecular flexibility index (Phi) is 6.48. The fourth-order valence-corrected chi connectivity index (χ4v) is 7.17. The molecule has 0 fully saturated rings. The zero-order valence-electron chi connectivity index (χ0n) is 26.8. The fourth-order valence-electron chi connectivity index (χ4n) is 7.17. The highest BCUT2D eigenvalue weighted by Crippen LogP contribution is 2.44. The van der Waals surface area contributed by atoms with Crippen LogP contribution in [0, 0.1) is 62.0 Å². The zero-order valence-corrected chi connectivity index (χ0v) is 26.8. The Morgan fingerprint density at radius 2 is 0.896 bits per heavy atom. The Hall–Kier alpha value is -6.24. The Labute approximate surface area is 275 Å². The van der Waals surface area contributed by atoms with Crippen LogP contribution in [0.5, 0.6) is 0 Å². The third-order valence-corrected chi connectivity index (χ3v) is 9.32. The highest BCUT2D eigenvalue weighted by molar-refractivity contribution is 6.12. The van der Waals surface area contributed by atoms with Gasteiger partial charge < -0.3 is 9.13 Å². The van der Waals surface area contributed by atoms with Gasteiger partial charge in [0.05, 0.1) is 39.3 Å². The summed E-state index contributed by atoms with van der Waals surface area (Å²) in [6, 6.07) is 34.3. The normalized spacial score (nSPS) is 11.5. The second kappa shape index (κ2) is 10.7. The molecule has 0 unspecified atom stereocenters. The maximum atomic E-state index is 17.5. The fraction of sp³-hybridized carbons (Fsp3) is 0.0952. The van der Waals surface area contributed by atoms with Gasteiger partial charge in [-0.3, -0.25) is 0 Å². The summed E-state index contributed by atoms with van der Waals surface area (Å²) in [5, 5.41) is 24.3. The van der Waals surface area contributed by atoms with Crippen LogP contribution in [-0.2, 0) is 0 Å². The monoisotopic (exact) mass is 626 g/mol. The third kappa shape index (κ3) is 4.16. The van der Waals surface area contributed by atoms with Gasteiger partial charge in [0, 0.05) is 21.5 Å². The maximum absolute atomic E-state index is 17.5. The minimum Gasteiger partial charge on any atom is -0.305 e. The van der Waals surface area contributed by atoms with Gasteiger partial charge in [-0.15, -0.1) is 0 Å². The van der Waals surface area contributed by atoms with E-state index in [0.717, 1.165) is 43.8 Å². The van der Waals surface area contributed by atoms with Gasteiger partial charge in [-0.25, -0.2) is 8.78 Å². The molecule has 0 bridgehead atoms. The first-order valence-corrected chi connectivity index (χ1v) is 15.7. The molecular formula is C42H28F2N4. The summed E-state index contributed by atoms with van der Waals surface area (Å²) in [6.07, 6.45) is 0. The van der Waals surface area contributed by atoms with Gasteiger partial charge >= 0.3 is 0 Å². The minimum atomic E-state index is -0.879. The van der Waals surface area contributed by atoms with Crippen LogP contribution in [0.4, 0.5) is 8.78 Å². The summed E-state index contributed by atoms with van der Waals surface area (Å²) in [5.74, 6) is -1.76. The predicted molar refractivity (Wildman–Crippen MR) is 189 cm³/mol. The topological polar surface area (TPSA) is 57.4 Å². The van der Waals surface area contributed by atoms with Crippen molar-refractivity contribution >= 4 is 43.6 Å². The van der Waals surface area contributed by atoms with Gasteiger partial charge in [0.1, 0.15) is 23.0 Å². The van der Waals surface area contributed by atoms with Gasteiger partial charge in [-0.1, -0.05) is 58.7 Å². The molecule has 8 aromatic rings. The molecule has 0 atom stereocenters. The summed E-state index contributed by atoms with van der Waals surface area (Å²) >= 11 is 0. The predicted octanol–water partition coefficient (Wildman–Crippen LogP) is 10.8. The van der Waals surface area contributed by atoms with E-state index in [1.165, 1.54) is 6.07 Å². The number of hydrogen-bond acceptors (Lipinski definition) is 2. The Morgan fingerprint density at radius 1 is 0.500 bits per heavy atom. The van der Waals surface area contributed by atoms with Crippen LogP contribution in [0.15, 0.2) is 97.1 Å². The number of hydrogen-bond donors (Lipinski definition) is 0. The average molecular weight is 627 g/mol. The van der Waals surface area contributed by atoms with Crippen LogP contribution in [0.2, 0.25) is 0 Å². The standard InChI is InChI=1S/C42H28F2N4/c1-23-8-12-34-29(16-23)30-17-24(2)9-13-35(30)47(34)41-33(22-46)42(40(44)38(39(41)43)28-7-5-6-27(20-28)21-45)48-36-14-10-25(3)18-31(36)32-19-26(4)11-15-37(32)48/h5-20H,1-4H3. The lowest BCUT2D eigenvalue weighted by Crippen LogP contribution is -2.12. The number of nitriles is 2. The molecule has 6 aromatic carbocycles. The molecule has 0 N–H and O–H groups in total. The summed E-state index contributed by atoms with van der Waals surface area (Å²) in [7, 11) is 0. The molecule has 48 heavy (non-hydrogen) atoms. The average Bonchev–Trinajstić information content (AvgIpc) is 3.55. The largest absolute Gasteiger partial charge is 0.305 e. The first kappa shape index (κ1) is 29.2. The summed E-state index contributed by atoms with van der Waals surface area (Å²) in [4.78, 5) is 0. The Morgan fingerprint density at radius 3 is 1.25 bits per heavy atom. The van der Waals surface area contributed by atoms with Crippen molar-refractivity contribution in [3.05, 3.63) is 142 Å². The van der Waals surface area contributed by atoms with Crippen molar-refractivity contribution in [2.24, 2.45) is 0 Å². The maximum Gasteiger partial charge on any atom is 0.159 e. The number of rotatable bonds is 3. The van der Waals surface area contributed by atoms with Crippen LogP contribution in [0.25, 0.3) is 66.1 Å². The second-order valence-corrected chi connectivity index (χ2v) is 12.6. The van der Waals surface area contributed by atoms with E-state index in [-0.39, 0.29) is 33.6 Å². The van der Waals surface area contributed by atoms with E-state index in [2.05, 4.69) is 36.4 Å². The number of halogens is 2. The second-order valence-electron chi connectivity index (χ2n) is 12.6. The molecule has 0 radical (unpaired) electrons. The first-order chi connectivity index (χ1) is 23.2. The smallest absolute Gasteiger partial charge is 0.159 e. The lowest BCUT2D eigenvalue weighted by molar-refractivity contribution is 0.581. The van der Waals surface area contributed by atoms with Gasteiger partial charge in [0.25, 0.3) is 0 Å². The van der Waals surface area contributed by atoms with E-state index in [1.807, 2.05) is 76.2 Å². The van der Waals surface area contributed by atoms with Crippen molar-refractivity contribution in [2.75, 3.05) is 0 Å². The molecule has 0 aliphatic heterocycles. The summed E-state index contributed by atoms with van der Waals surface area (Å²) < 4.78 is 38.6. The van der Waals surface area contributed by atoms with E-state index in [9.17, 15) is 10.5 Å². The van der Waals surface area contributed by atoms with E-state index < -0.39 is 11.6 Å². The molecule has 0 aliphatic carbocycles. The molecule has 2 aromatic heterocycles. The lowest BCUT2D eigenvalue weighted by Gasteiger charge is -2.21. The minimum absolute atomic E-state index is 0.0480. The van der Waals surface area contributed by atoms with E-state index in [1.54, 1.807) is 27.3 Å². The molecule has 0 saturated heterocycles. The van der Waals surface area contributed by atoms with Gasteiger partial charge in [-0.05, 0) is 93.9 Å². The van der Waals surface area contributed by atoms with Gasteiger partial charge in [0.15, 0.2) is 11.6 Å². The van der Waals surface area contributed by atoms with Gasteiger partial charge in [0.2, 0.25) is 0 Å². The number of aryl methyl sites for hydroxylation is 4. The van der Waals surface area contributed by atoms with Crippen LogP contribution in [0.1, 0.15) is 33.4 Å². The third-order valence-electron chi connectivity index (χ3n) is 9.32. The van der Waals surface area contributed by atoms with Gasteiger partial charge in [-0.2, -0.15) is 10.5 Å². The highest BCUT2D eigenvalue weighted by Gasteiger charge is 2.31. The Bertz CT molecular complexity index is 2500. The molecule has 2 heterocycles. The van der Waals surface area contributed by atoms with Crippen molar-refractivity contribution in [1.82, 2.24) is 9.13 Å². The highest BCUT2D eigenvalue weighted by atomic mass is 19.1. The molecule has 0 amide bonds. The lowest BCUT2D eigenvalue weighted by atomic mass is 9.96. The number of aromatic nitrogens is 2. The number of benzene rings is 6. The summed E-state index contributed by atoms with van der Waals surface area (Å²) in [6.45, 7) is 8.01. The molecule has 8 rings (SSSR count). The van der Waals surface area contributed by atoms with Crippen molar-refractivity contribution in [3.63, 3.8) is 0 Å². The van der Waals surface area contributed by atoms with Crippen molar-refractivity contribution in [2.45, 2.75) is 27.7 Å². The van der Waals surface area contributed by atoms with Crippen LogP contribution < -0.4 is 0 Å². The number of nitrogens with zero attached hydrogens (tertiary/aromatic N) is 4. The van der Waals surface area contributed by atoms with Crippen molar-refractivity contribution in [1.29, 1.82) is 10.5 Å². The quantitative estimate of drug-likeness (QED) is 0.196. The van der Waals surface area contributed by atoms with E-state index in [4.69, 9.17) is 0 Å². The molecule has 6 heteroatoms. The van der Waals surface area contributed by atoms with Crippen LogP contribution >= 0.6 is 0 Å². The molecule has 0 spiro atoms. The Balaban J connectivity index is 1.63. The molecule has 0 aliphatic rings. The molecule has 230 valence electrons. The van der Waals surface area contributed by atoms with Crippen molar-refractivity contribution in [3.8, 4) is 34.6 Å². The van der Waals surface area contributed by atoms with Crippen LogP contribution in [-0.4, -0.2) is 9.13 Å². The molecular weight excluding hydrogens is 598 g/mol.